The highest BCUT2D eigenvalue weighted by atomic mass is 16.6. The molecule has 2 fully saturated rings. The van der Waals surface area contributed by atoms with E-state index >= 15 is 0 Å². The molecule has 9 heteroatoms. The molecule has 4 rings (SSSR count). The summed E-state index contributed by atoms with van der Waals surface area (Å²) in [6.45, 7) is 8.68. The molecule has 3 heterocycles. The third-order valence-corrected chi connectivity index (χ3v) is 5.78. The van der Waals surface area contributed by atoms with Crippen LogP contribution in [-0.2, 0) is 16.1 Å². The van der Waals surface area contributed by atoms with Crippen LogP contribution in [0.25, 0.3) is 11.5 Å². The minimum Gasteiger partial charge on any atom is -0.444 e. The van der Waals surface area contributed by atoms with E-state index in [-0.39, 0.29) is 24.7 Å². The quantitative estimate of drug-likeness (QED) is 0.673. The summed E-state index contributed by atoms with van der Waals surface area (Å²) < 4.78 is 16.7. The number of hydrogen-bond acceptors (Lipinski definition) is 7. The minimum atomic E-state index is -0.496. The number of nitrogens with zero attached hydrogens (tertiary/aromatic N) is 4. The van der Waals surface area contributed by atoms with Gasteiger partial charge in [0.05, 0.1) is 6.10 Å². The summed E-state index contributed by atoms with van der Waals surface area (Å²) in [7, 11) is 0. The number of rotatable bonds is 5. The smallest absolute Gasteiger partial charge is 0.410 e. The fraction of sp³-hybridized carbons (Fsp3) is 0.583. The third-order valence-electron chi connectivity index (χ3n) is 5.78. The lowest BCUT2D eigenvalue weighted by atomic mass is 10.1. The topological polar surface area (TPSA) is 98.0 Å². The van der Waals surface area contributed by atoms with Crippen LogP contribution in [-0.4, -0.2) is 69.8 Å². The average Bonchev–Trinajstić information content (AvgIpc) is 3.49. The number of hydrogen-bond donors (Lipinski definition) is 0. The molecule has 1 aromatic carbocycles. The molecule has 0 saturated carbocycles. The van der Waals surface area contributed by atoms with Gasteiger partial charge in [0.15, 0.2) is 5.82 Å². The second-order valence-corrected chi connectivity index (χ2v) is 9.57. The Morgan fingerprint density at radius 2 is 1.70 bits per heavy atom. The lowest BCUT2D eigenvalue weighted by Gasteiger charge is -2.33. The fourth-order valence-corrected chi connectivity index (χ4v) is 4.01. The molecule has 1 aromatic heterocycles. The van der Waals surface area contributed by atoms with Gasteiger partial charge in [0.25, 0.3) is 11.8 Å². The van der Waals surface area contributed by atoms with E-state index in [1.165, 1.54) is 0 Å². The van der Waals surface area contributed by atoms with E-state index in [2.05, 4.69) is 10.1 Å². The lowest BCUT2D eigenvalue weighted by molar-refractivity contribution is -0.0190. The van der Waals surface area contributed by atoms with Gasteiger partial charge < -0.3 is 23.8 Å². The first kappa shape index (κ1) is 23.2. The maximum absolute atomic E-state index is 12.5. The molecule has 0 N–H and O–H groups in total. The van der Waals surface area contributed by atoms with Crippen LogP contribution < -0.4 is 0 Å². The van der Waals surface area contributed by atoms with Crippen LogP contribution in [0.4, 0.5) is 4.79 Å². The first-order valence-corrected chi connectivity index (χ1v) is 11.6. The van der Waals surface area contributed by atoms with Crippen LogP contribution in [0.15, 0.2) is 28.8 Å². The summed E-state index contributed by atoms with van der Waals surface area (Å²) in [5, 5.41) is 4.01. The Kier molecular flexibility index (Phi) is 6.97. The summed E-state index contributed by atoms with van der Waals surface area (Å²) in [5.41, 5.74) is 0.934. The van der Waals surface area contributed by atoms with E-state index in [0.29, 0.717) is 30.4 Å². The third kappa shape index (κ3) is 6.10. The average molecular weight is 457 g/mol. The number of aromatic nitrogens is 2. The molecule has 9 nitrogen and oxygen atoms in total. The van der Waals surface area contributed by atoms with Crippen LogP contribution in [0.1, 0.15) is 62.6 Å². The number of carbonyl (C=O) groups is 2. The van der Waals surface area contributed by atoms with Gasteiger partial charge in [0.1, 0.15) is 12.2 Å². The van der Waals surface area contributed by atoms with Gasteiger partial charge in [-0.15, -0.1) is 0 Å². The van der Waals surface area contributed by atoms with Crippen molar-refractivity contribution in [2.75, 3.05) is 26.2 Å². The van der Waals surface area contributed by atoms with Gasteiger partial charge in [-0.3, -0.25) is 4.79 Å². The molecule has 0 spiro atoms. The molecule has 0 aliphatic carbocycles. The van der Waals surface area contributed by atoms with Gasteiger partial charge in [0.2, 0.25) is 0 Å². The Hall–Kier alpha value is -2.94. The summed E-state index contributed by atoms with van der Waals surface area (Å²) in [6.07, 6.45) is 3.35. The van der Waals surface area contributed by atoms with Crippen molar-refractivity contribution in [1.82, 2.24) is 19.9 Å². The van der Waals surface area contributed by atoms with Crippen molar-refractivity contribution in [3.05, 3.63) is 35.7 Å². The van der Waals surface area contributed by atoms with E-state index in [0.717, 1.165) is 44.3 Å². The minimum absolute atomic E-state index is 0.0292. The molecular formula is C24H32N4O5. The standard InChI is InChI=1S/C24H32N4O5/c1-24(2,3)32-23(30)28-14-10-19(11-15-28)31-16-20-25-21(33-26-20)17-6-8-18(9-7-17)22(29)27-12-4-5-13-27/h6-9,19H,4-5,10-16H2,1-3H3. The number of piperidine rings is 1. The largest absolute Gasteiger partial charge is 0.444 e. The molecule has 2 saturated heterocycles. The Labute approximate surface area is 194 Å². The number of carbonyl (C=O) groups excluding carboxylic acids is 2. The molecule has 2 amide bonds. The van der Waals surface area contributed by atoms with Crippen molar-refractivity contribution in [2.45, 2.75) is 64.8 Å². The highest BCUT2D eigenvalue weighted by molar-refractivity contribution is 5.94. The highest BCUT2D eigenvalue weighted by Crippen LogP contribution is 2.21. The van der Waals surface area contributed by atoms with E-state index in [1.54, 1.807) is 17.0 Å². The zero-order chi connectivity index (χ0) is 23.4. The van der Waals surface area contributed by atoms with Crippen molar-refractivity contribution in [3.63, 3.8) is 0 Å². The fourth-order valence-electron chi connectivity index (χ4n) is 4.01. The molecule has 2 aromatic rings. The van der Waals surface area contributed by atoms with Crippen LogP contribution >= 0.6 is 0 Å². The Morgan fingerprint density at radius 1 is 1.03 bits per heavy atom. The molecule has 2 aliphatic rings. The van der Waals surface area contributed by atoms with Crippen LogP contribution in [0, 0.1) is 0 Å². The second kappa shape index (κ2) is 9.91. The Bertz CT molecular complexity index is 952. The number of ether oxygens (including phenoxy) is 2. The Balaban J connectivity index is 1.25. The van der Waals surface area contributed by atoms with Crippen molar-refractivity contribution >= 4 is 12.0 Å². The number of benzene rings is 1. The van der Waals surface area contributed by atoms with Crippen molar-refractivity contribution < 1.29 is 23.6 Å². The maximum Gasteiger partial charge on any atom is 0.410 e. The SMILES string of the molecule is CC(C)(C)OC(=O)N1CCC(OCc2noc(-c3ccc(C(=O)N4CCCC4)cc3)n2)CC1. The number of amides is 2. The zero-order valence-corrected chi connectivity index (χ0v) is 19.6. The normalized spacial score (nSPS) is 17.4. The highest BCUT2D eigenvalue weighted by Gasteiger charge is 2.27. The summed E-state index contributed by atoms with van der Waals surface area (Å²) in [4.78, 5) is 32.7. The molecule has 0 unspecified atom stereocenters. The van der Waals surface area contributed by atoms with Crippen molar-refractivity contribution in [2.24, 2.45) is 0 Å². The summed E-state index contributed by atoms with van der Waals surface area (Å²) in [5.74, 6) is 0.932. The number of likely N-dealkylation sites (tertiary alicyclic amines) is 2. The predicted octanol–water partition coefficient (Wildman–Crippen LogP) is 3.89. The zero-order valence-electron chi connectivity index (χ0n) is 19.6. The monoisotopic (exact) mass is 456 g/mol. The van der Waals surface area contributed by atoms with E-state index in [1.807, 2.05) is 37.8 Å². The van der Waals surface area contributed by atoms with Crippen molar-refractivity contribution in [3.8, 4) is 11.5 Å². The van der Waals surface area contributed by atoms with Gasteiger partial charge in [-0.1, -0.05) is 5.16 Å². The first-order chi connectivity index (χ1) is 15.8. The predicted molar refractivity (Wildman–Crippen MR) is 120 cm³/mol. The van der Waals surface area contributed by atoms with E-state index in [4.69, 9.17) is 14.0 Å². The molecule has 33 heavy (non-hydrogen) atoms. The lowest BCUT2D eigenvalue weighted by Crippen LogP contribution is -2.43. The molecule has 0 bridgehead atoms. The van der Waals surface area contributed by atoms with Gasteiger partial charge in [0, 0.05) is 37.3 Å². The van der Waals surface area contributed by atoms with Crippen LogP contribution in [0.2, 0.25) is 0 Å². The van der Waals surface area contributed by atoms with E-state index in [9.17, 15) is 9.59 Å². The second-order valence-electron chi connectivity index (χ2n) is 9.57. The summed E-state index contributed by atoms with van der Waals surface area (Å²) in [6, 6.07) is 7.26. The van der Waals surface area contributed by atoms with E-state index < -0.39 is 5.60 Å². The maximum atomic E-state index is 12.5. The summed E-state index contributed by atoms with van der Waals surface area (Å²) >= 11 is 0. The van der Waals surface area contributed by atoms with Crippen LogP contribution in [0.3, 0.4) is 0 Å². The van der Waals surface area contributed by atoms with Crippen LogP contribution in [0.5, 0.6) is 0 Å². The molecule has 2 aliphatic heterocycles. The first-order valence-electron chi connectivity index (χ1n) is 11.6. The van der Waals surface area contributed by atoms with Gasteiger partial charge in [-0.25, -0.2) is 4.79 Å². The van der Waals surface area contributed by atoms with Gasteiger partial charge in [-0.05, 0) is 70.7 Å². The van der Waals surface area contributed by atoms with Gasteiger partial charge in [-0.2, -0.15) is 4.98 Å². The van der Waals surface area contributed by atoms with Gasteiger partial charge >= 0.3 is 6.09 Å². The molecule has 0 atom stereocenters. The molecule has 178 valence electrons. The van der Waals surface area contributed by atoms with Crippen molar-refractivity contribution in [1.29, 1.82) is 0 Å². The molecule has 0 radical (unpaired) electrons. The Morgan fingerprint density at radius 3 is 2.33 bits per heavy atom. The molecular weight excluding hydrogens is 424 g/mol.